The fourth-order valence-corrected chi connectivity index (χ4v) is 2.16. The molecule has 1 aliphatic rings. The fraction of sp³-hybridized carbons (Fsp3) is 1.00. The van der Waals surface area contributed by atoms with Gasteiger partial charge in [0.1, 0.15) is 0 Å². The maximum atomic E-state index is 3.70. The van der Waals surface area contributed by atoms with Crippen molar-refractivity contribution in [2.45, 2.75) is 70.8 Å². The second-order valence-electron chi connectivity index (χ2n) is 4.35. The van der Waals surface area contributed by atoms with Crippen LogP contribution in [0.3, 0.4) is 0 Å². The first-order chi connectivity index (χ1) is 6.43. The third kappa shape index (κ3) is 5.30. The summed E-state index contributed by atoms with van der Waals surface area (Å²) in [6.07, 6.45) is 12.8. The van der Waals surface area contributed by atoms with Crippen LogP contribution in [0.1, 0.15) is 64.7 Å². The SMILES string of the molecule is CCCCCNC1CCCCCC1. The van der Waals surface area contributed by atoms with Crippen molar-refractivity contribution >= 4 is 0 Å². The molecule has 1 aliphatic carbocycles. The topological polar surface area (TPSA) is 12.0 Å². The summed E-state index contributed by atoms with van der Waals surface area (Å²) in [6.45, 7) is 3.52. The largest absolute Gasteiger partial charge is 0.314 e. The molecule has 0 bridgehead atoms. The molecule has 0 amide bonds. The van der Waals surface area contributed by atoms with Gasteiger partial charge in [0.2, 0.25) is 0 Å². The normalized spacial score (nSPS) is 20.1. The van der Waals surface area contributed by atoms with Gasteiger partial charge in [-0.05, 0) is 25.8 Å². The summed E-state index contributed by atoms with van der Waals surface area (Å²) in [5.74, 6) is 0. The van der Waals surface area contributed by atoms with Gasteiger partial charge in [-0.3, -0.25) is 0 Å². The van der Waals surface area contributed by atoms with Crippen molar-refractivity contribution in [2.24, 2.45) is 0 Å². The zero-order valence-electron chi connectivity index (χ0n) is 9.15. The van der Waals surface area contributed by atoms with Crippen molar-refractivity contribution in [2.75, 3.05) is 6.54 Å². The first kappa shape index (κ1) is 11.0. The number of hydrogen-bond donors (Lipinski definition) is 1. The van der Waals surface area contributed by atoms with Gasteiger partial charge in [-0.25, -0.2) is 0 Å². The quantitative estimate of drug-likeness (QED) is 0.508. The Morgan fingerprint density at radius 3 is 2.31 bits per heavy atom. The summed E-state index contributed by atoms with van der Waals surface area (Å²) in [7, 11) is 0. The van der Waals surface area contributed by atoms with Gasteiger partial charge in [-0.1, -0.05) is 45.4 Å². The van der Waals surface area contributed by atoms with Crippen molar-refractivity contribution in [1.29, 1.82) is 0 Å². The van der Waals surface area contributed by atoms with Gasteiger partial charge < -0.3 is 5.32 Å². The zero-order chi connectivity index (χ0) is 9.36. The maximum Gasteiger partial charge on any atom is 0.00670 e. The van der Waals surface area contributed by atoms with E-state index in [4.69, 9.17) is 0 Å². The second kappa shape index (κ2) is 7.37. The van der Waals surface area contributed by atoms with E-state index in [1.807, 2.05) is 0 Å². The molecule has 1 N–H and O–H groups in total. The molecule has 1 nitrogen and oxygen atoms in total. The molecule has 0 spiro atoms. The predicted molar refractivity (Wildman–Crippen MR) is 59.0 cm³/mol. The molecular weight excluding hydrogens is 158 g/mol. The van der Waals surface area contributed by atoms with E-state index in [0.29, 0.717) is 0 Å². The lowest BCUT2D eigenvalue weighted by Gasteiger charge is -2.15. The number of rotatable bonds is 5. The average molecular weight is 183 g/mol. The van der Waals surface area contributed by atoms with E-state index in [1.54, 1.807) is 0 Å². The molecule has 1 saturated carbocycles. The zero-order valence-corrected chi connectivity index (χ0v) is 9.15. The van der Waals surface area contributed by atoms with Crippen LogP contribution in [-0.2, 0) is 0 Å². The minimum absolute atomic E-state index is 0.847. The highest BCUT2D eigenvalue weighted by Crippen LogP contribution is 2.17. The average Bonchev–Trinajstić information content (AvgIpc) is 2.41. The summed E-state index contributed by atoms with van der Waals surface area (Å²) in [5.41, 5.74) is 0. The Morgan fingerprint density at radius 1 is 1.00 bits per heavy atom. The van der Waals surface area contributed by atoms with E-state index in [1.165, 1.54) is 64.3 Å². The first-order valence-electron chi connectivity index (χ1n) is 6.17. The van der Waals surface area contributed by atoms with Crippen LogP contribution < -0.4 is 5.32 Å². The van der Waals surface area contributed by atoms with Crippen LogP contribution in [0.15, 0.2) is 0 Å². The highest BCUT2D eigenvalue weighted by Gasteiger charge is 2.10. The van der Waals surface area contributed by atoms with Gasteiger partial charge in [0.15, 0.2) is 0 Å². The molecule has 13 heavy (non-hydrogen) atoms. The van der Waals surface area contributed by atoms with Crippen LogP contribution in [0.25, 0.3) is 0 Å². The van der Waals surface area contributed by atoms with Gasteiger partial charge in [-0.2, -0.15) is 0 Å². The molecule has 1 fully saturated rings. The maximum absolute atomic E-state index is 3.70. The minimum atomic E-state index is 0.847. The Bertz CT molecular complexity index is 104. The molecule has 0 aromatic carbocycles. The van der Waals surface area contributed by atoms with E-state index in [9.17, 15) is 0 Å². The van der Waals surface area contributed by atoms with Crippen LogP contribution in [0, 0.1) is 0 Å². The molecule has 0 unspecified atom stereocenters. The number of unbranched alkanes of at least 4 members (excludes halogenated alkanes) is 2. The number of hydrogen-bond acceptors (Lipinski definition) is 1. The highest BCUT2D eigenvalue weighted by atomic mass is 14.9. The van der Waals surface area contributed by atoms with E-state index < -0.39 is 0 Å². The lowest BCUT2D eigenvalue weighted by atomic mass is 10.1. The van der Waals surface area contributed by atoms with Crippen molar-refractivity contribution in [3.63, 3.8) is 0 Å². The number of nitrogens with one attached hydrogen (secondary N) is 1. The molecule has 0 aromatic heterocycles. The molecular formula is C12H25N. The van der Waals surface area contributed by atoms with Crippen LogP contribution in [-0.4, -0.2) is 12.6 Å². The van der Waals surface area contributed by atoms with Gasteiger partial charge in [0.05, 0.1) is 0 Å². The first-order valence-corrected chi connectivity index (χ1v) is 6.17. The molecule has 1 heteroatoms. The lowest BCUT2D eigenvalue weighted by molar-refractivity contribution is 0.451. The smallest absolute Gasteiger partial charge is 0.00670 e. The van der Waals surface area contributed by atoms with Crippen molar-refractivity contribution in [3.8, 4) is 0 Å². The van der Waals surface area contributed by atoms with E-state index >= 15 is 0 Å². The Kier molecular flexibility index (Phi) is 6.26. The summed E-state index contributed by atoms with van der Waals surface area (Å²) in [4.78, 5) is 0. The van der Waals surface area contributed by atoms with Crippen LogP contribution in [0.5, 0.6) is 0 Å². The minimum Gasteiger partial charge on any atom is -0.314 e. The Labute approximate surface area is 83.3 Å². The molecule has 78 valence electrons. The summed E-state index contributed by atoms with van der Waals surface area (Å²) in [5, 5.41) is 3.70. The molecule has 1 rings (SSSR count). The molecule has 0 aromatic rings. The predicted octanol–water partition coefficient (Wildman–Crippen LogP) is 3.49. The Hall–Kier alpha value is -0.0400. The van der Waals surface area contributed by atoms with Crippen molar-refractivity contribution < 1.29 is 0 Å². The lowest BCUT2D eigenvalue weighted by Crippen LogP contribution is -2.29. The molecule has 0 aliphatic heterocycles. The van der Waals surface area contributed by atoms with Crippen LogP contribution in [0.2, 0.25) is 0 Å². The van der Waals surface area contributed by atoms with Gasteiger partial charge in [0, 0.05) is 6.04 Å². The highest BCUT2D eigenvalue weighted by molar-refractivity contribution is 4.70. The van der Waals surface area contributed by atoms with Gasteiger partial charge in [-0.15, -0.1) is 0 Å². The summed E-state index contributed by atoms with van der Waals surface area (Å²) < 4.78 is 0. The monoisotopic (exact) mass is 183 g/mol. The molecule has 0 heterocycles. The third-order valence-electron chi connectivity index (χ3n) is 3.07. The summed E-state index contributed by atoms with van der Waals surface area (Å²) >= 11 is 0. The van der Waals surface area contributed by atoms with E-state index in [0.717, 1.165) is 6.04 Å². The van der Waals surface area contributed by atoms with Gasteiger partial charge >= 0.3 is 0 Å². The molecule has 0 radical (unpaired) electrons. The van der Waals surface area contributed by atoms with E-state index in [2.05, 4.69) is 12.2 Å². The second-order valence-corrected chi connectivity index (χ2v) is 4.35. The Morgan fingerprint density at radius 2 is 1.69 bits per heavy atom. The Balaban J connectivity index is 1.98. The van der Waals surface area contributed by atoms with Crippen LogP contribution in [0.4, 0.5) is 0 Å². The van der Waals surface area contributed by atoms with Crippen molar-refractivity contribution in [3.05, 3.63) is 0 Å². The van der Waals surface area contributed by atoms with E-state index in [-0.39, 0.29) is 0 Å². The van der Waals surface area contributed by atoms with Crippen LogP contribution >= 0.6 is 0 Å². The van der Waals surface area contributed by atoms with Gasteiger partial charge in [0.25, 0.3) is 0 Å². The van der Waals surface area contributed by atoms with Crippen molar-refractivity contribution in [1.82, 2.24) is 5.32 Å². The third-order valence-corrected chi connectivity index (χ3v) is 3.07. The summed E-state index contributed by atoms with van der Waals surface area (Å²) in [6, 6.07) is 0.847. The standard InChI is InChI=1S/C12H25N/c1-2-3-8-11-13-12-9-6-4-5-7-10-12/h12-13H,2-11H2,1H3. The molecule has 0 saturated heterocycles. The fourth-order valence-electron chi connectivity index (χ4n) is 2.16. The molecule has 0 atom stereocenters.